The Hall–Kier alpha value is -1.23. The number of halogens is 3. The SMILES string of the molecule is CC.CC(C)c1cc(C(F)(F)F)ccc1OCCCN. The second-order valence-electron chi connectivity index (χ2n) is 4.40. The Morgan fingerprint density at radius 2 is 1.80 bits per heavy atom. The van der Waals surface area contributed by atoms with Crippen LogP contribution in [0.25, 0.3) is 0 Å². The van der Waals surface area contributed by atoms with Crippen LogP contribution in [0.4, 0.5) is 13.2 Å². The summed E-state index contributed by atoms with van der Waals surface area (Å²) in [6.45, 7) is 8.59. The number of hydrogen-bond donors (Lipinski definition) is 1. The Morgan fingerprint density at radius 1 is 1.20 bits per heavy atom. The van der Waals surface area contributed by atoms with Crippen LogP contribution in [0.3, 0.4) is 0 Å². The summed E-state index contributed by atoms with van der Waals surface area (Å²) in [6.07, 6.45) is -3.64. The molecule has 0 radical (unpaired) electrons. The lowest BCUT2D eigenvalue weighted by atomic mass is 9.99. The van der Waals surface area contributed by atoms with Crippen molar-refractivity contribution >= 4 is 0 Å². The minimum absolute atomic E-state index is 0.0276. The number of ether oxygens (including phenoxy) is 1. The average Bonchev–Trinajstić information content (AvgIpc) is 2.40. The van der Waals surface area contributed by atoms with E-state index in [1.165, 1.54) is 6.07 Å². The topological polar surface area (TPSA) is 35.2 Å². The summed E-state index contributed by atoms with van der Waals surface area (Å²) in [5.74, 6) is 0.478. The molecule has 0 bridgehead atoms. The van der Waals surface area contributed by atoms with Gasteiger partial charge in [0, 0.05) is 0 Å². The van der Waals surface area contributed by atoms with E-state index in [0.29, 0.717) is 30.9 Å². The van der Waals surface area contributed by atoms with E-state index in [4.69, 9.17) is 10.5 Å². The highest BCUT2D eigenvalue weighted by Crippen LogP contribution is 2.35. The van der Waals surface area contributed by atoms with Gasteiger partial charge >= 0.3 is 6.18 Å². The van der Waals surface area contributed by atoms with Crippen molar-refractivity contribution in [1.82, 2.24) is 0 Å². The fraction of sp³-hybridized carbons (Fsp3) is 0.600. The number of nitrogens with two attached hydrogens (primary N) is 1. The van der Waals surface area contributed by atoms with E-state index in [2.05, 4.69) is 0 Å². The van der Waals surface area contributed by atoms with Crippen molar-refractivity contribution in [2.45, 2.75) is 46.2 Å². The van der Waals surface area contributed by atoms with E-state index in [1.807, 2.05) is 27.7 Å². The summed E-state index contributed by atoms with van der Waals surface area (Å²) in [7, 11) is 0. The van der Waals surface area contributed by atoms with Gasteiger partial charge in [0.2, 0.25) is 0 Å². The lowest BCUT2D eigenvalue weighted by Gasteiger charge is -2.16. The first-order valence-corrected chi connectivity index (χ1v) is 6.90. The van der Waals surface area contributed by atoms with Gasteiger partial charge in [0.1, 0.15) is 5.75 Å². The van der Waals surface area contributed by atoms with Crippen LogP contribution in [0.15, 0.2) is 18.2 Å². The van der Waals surface area contributed by atoms with Crippen molar-refractivity contribution in [3.8, 4) is 5.75 Å². The van der Waals surface area contributed by atoms with Crippen LogP contribution >= 0.6 is 0 Å². The monoisotopic (exact) mass is 291 g/mol. The summed E-state index contributed by atoms with van der Waals surface area (Å²) in [5.41, 5.74) is 5.27. The van der Waals surface area contributed by atoms with Crippen LogP contribution in [0, 0.1) is 0 Å². The van der Waals surface area contributed by atoms with Crippen LogP contribution in [-0.2, 0) is 6.18 Å². The van der Waals surface area contributed by atoms with Crippen LogP contribution < -0.4 is 10.5 Å². The van der Waals surface area contributed by atoms with Gasteiger partial charge in [-0.15, -0.1) is 0 Å². The predicted octanol–water partition coefficient (Wildman–Crippen LogP) is 4.58. The van der Waals surface area contributed by atoms with Crippen molar-refractivity contribution < 1.29 is 17.9 Å². The molecule has 1 aromatic carbocycles. The van der Waals surface area contributed by atoms with Gasteiger partial charge in [-0.3, -0.25) is 0 Å². The molecule has 0 spiro atoms. The van der Waals surface area contributed by atoms with Gasteiger partial charge in [-0.2, -0.15) is 13.2 Å². The van der Waals surface area contributed by atoms with Gasteiger partial charge in [0.05, 0.1) is 12.2 Å². The molecule has 20 heavy (non-hydrogen) atoms. The molecule has 116 valence electrons. The quantitative estimate of drug-likeness (QED) is 0.806. The van der Waals surface area contributed by atoms with Crippen molar-refractivity contribution in [2.24, 2.45) is 5.73 Å². The zero-order chi connectivity index (χ0) is 15.8. The van der Waals surface area contributed by atoms with Gasteiger partial charge in [0.15, 0.2) is 0 Å². The Labute approximate surface area is 119 Å². The minimum atomic E-state index is -4.32. The van der Waals surface area contributed by atoms with Gasteiger partial charge < -0.3 is 10.5 Å². The third kappa shape index (κ3) is 5.82. The third-order valence-corrected chi connectivity index (χ3v) is 2.57. The molecule has 5 heteroatoms. The van der Waals surface area contributed by atoms with Crippen molar-refractivity contribution in [3.63, 3.8) is 0 Å². The molecule has 0 fully saturated rings. The lowest BCUT2D eigenvalue weighted by Crippen LogP contribution is -2.10. The Balaban J connectivity index is 0.00000172. The molecule has 0 aliphatic carbocycles. The van der Waals surface area contributed by atoms with Crippen molar-refractivity contribution in [2.75, 3.05) is 13.2 Å². The molecule has 0 atom stereocenters. The Bertz CT molecular complexity index is 389. The van der Waals surface area contributed by atoms with E-state index in [1.54, 1.807) is 0 Å². The predicted molar refractivity (Wildman–Crippen MR) is 76.0 cm³/mol. The molecule has 1 aromatic rings. The van der Waals surface area contributed by atoms with Gasteiger partial charge in [0.25, 0.3) is 0 Å². The number of benzene rings is 1. The fourth-order valence-corrected chi connectivity index (χ4v) is 1.57. The Kier molecular flexibility index (Phi) is 8.30. The van der Waals surface area contributed by atoms with E-state index in [9.17, 15) is 13.2 Å². The molecule has 2 N–H and O–H groups in total. The number of rotatable bonds is 5. The van der Waals surface area contributed by atoms with Crippen molar-refractivity contribution in [1.29, 1.82) is 0 Å². The summed E-state index contributed by atoms with van der Waals surface area (Å²) in [5, 5.41) is 0. The number of hydrogen-bond acceptors (Lipinski definition) is 2. The first kappa shape index (κ1) is 18.8. The molecule has 0 heterocycles. The second kappa shape index (κ2) is 8.84. The third-order valence-electron chi connectivity index (χ3n) is 2.57. The van der Waals surface area contributed by atoms with Crippen LogP contribution in [0.1, 0.15) is 51.2 Å². The molecule has 0 aliphatic heterocycles. The van der Waals surface area contributed by atoms with E-state index >= 15 is 0 Å². The highest BCUT2D eigenvalue weighted by atomic mass is 19.4. The molecule has 1 rings (SSSR count). The van der Waals surface area contributed by atoms with E-state index < -0.39 is 11.7 Å². The number of alkyl halides is 3. The fourth-order valence-electron chi connectivity index (χ4n) is 1.57. The summed E-state index contributed by atoms with van der Waals surface area (Å²) in [6, 6.07) is 3.58. The zero-order valence-corrected chi connectivity index (χ0v) is 12.6. The normalized spacial score (nSPS) is 11.1. The summed E-state index contributed by atoms with van der Waals surface area (Å²) >= 11 is 0. The maximum absolute atomic E-state index is 12.6. The highest BCUT2D eigenvalue weighted by Gasteiger charge is 2.31. The maximum atomic E-state index is 12.6. The summed E-state index contributed by atoms with van der Waals surface area (Å²) in [4.78, 5) is 0. The largest absolute Gasteiger partial charge is 0.493 e. The van der Waals surface area contributed by atoms with Gasteiger partial charge in [-0.25, -0.2) is 0 Å². The first-order valence-electron chi connectivity index (χ1n) is 6.90. The van der Waals surface area contributed by atoms with Crippen LogP contribution in [-0.4, -0.2) is 13.2 Å². The standard InChI is InChI=1S/C13H18F3NO.C2H6/c1-9(2)11-8-10(13(14,15)16)4-5-12(11)18-7-3-6-17;1-2/h4-5,8-9H,3,6-7,17H2,1-2H3;1-2H3. The van der Waals surface area contributed by atoms with E-state index in [0.717, 1.165) is 12.1 Å². The van der Waals surface area contributed by atoms with Crippen molar-refractivity contribution in [3.05, 3.63) is 29.3 Å². The molecular weight excluding hydrogens is 267 g/mol. The van der Waals surface area contributed by atoms with Gasteiger partial charge in [-0.1, -0.05) is 27.7 Å². The molecule has 2 nitrogen and oxygen atoms in total. The lowest BCUT2D eigenvalue weighted by molar-refractivity contribution is -0.137. The van der Waals surface area contributed by atoms with Crippen LogP contribution in [0.5, 0.6) is 5.75 Å². The highest BCUT2D eigenvalue weighted by molar-refractivity contribution is 5.40. The van der Waals surface area contributed by atoms with E-state index in [-0.39, 0.29) is 5.92 Å². The second-order valence-corrected chi connectivity index (χ2v) is 4.40. The smallest absolute Gasteiger partial charge is 0.416 e. The summed E-state index contributed by atoms with van der Waals surface area (Å²) < 4.78 is 43.3. The molecule has 0 saturated carbocycles. The first-order chi connectivity index (χ1) is 9.36. The van der Waals surface area contributed by atoms with Crippen LogP contribution in [0.2, 0.25) is 0 Å². The maximum Gasteiger partial charge on any atom is 0.416 e. The molecule has 0 aliphatic rings. The Morgan fingerprint density at radius 3 is 2.25 bits per heavy atom. The zero-order valence-electron chi connectivity index (χ0n) is 12.6. The molecule has 0 saturated heterocycles. The molecule has 0 aromatic heterocycles. The molecule has 0 amide bonds. The minimum Gasteiger partial charge on any atom is -0.493 e. The molecular formula is C15H24F3NO. The average molecular weight is 291 g/mol. The molecule has 0 unspecified atom stereocenters. The van der Waals surface area contributed by atoms with Gasteiger partial charge in [-0.05, 0) is 42.6 Å².